The molecule has 20 heteroatoms. The van der Waals surface area contributed by atoms with Crippen molar-refractivity contribution >= 4 is 0 Å². The lowest BCUT2D eigenvalue weighted by atomic mass is 9.86. The van der Waals surface area contributed by atoms with Crippen LogP contribution in [0.2, 0.25) is 0 Å². The second-order valence-electron chi connectivity index (χ2n) is 6.38. The summed E-state index contributed by atoms with van der Waals surface area (Å²) < 4.78 is 251. The van der Waals surface area contributed by atoms with E-state index < -0.39 is 72.7 Å². The molecule has 1 nitrogen and oxygen atoms in total. The van der Waals surface area contributed by atoms with Crippen LogP contribution in [0, 0.1) is 0 Å². The molecule has 1 aliphatic rings. The monoisotopic (exact) mass is 526 g/mol. The van der Waals surface area contributed by atoms with Gasteiger partial charge in [-0.2, -0.15) is 83.4 Å². The molecule has 0 N–H and O–H groups in total. The van der Waals surface area contributed by atoms with Crippen LogP contribution in [0.4, 0.5) is 83.4 Å². The van der Waals surface area contributed by atoms with Crippen molar-refractivity contribution < 1.29 is 88.2 Å². The fourth-order valence-electron chi connectivity index (χ4n) is 1.99. The van der Waals surface area contributed by atoms with E-state index in [1.807, 2.05) is 0 Å². The Labute approximate surface area is 162 Å². The van der Waals surface area contributed by atoms with Gasteiger partial charge in [0.2, 0.25) is 0 Å². The van der Waals surface area contributed by atoms with Crippen LogP contribution in [-0.4, -0.2) is 66.3 Å². The van der Waals surface area contributed by atoms with Gasteiger partial charge in [0.1, 0.15) is 0 Å². The van der Waals surface area contributed by atoms with E-state index in [1.165, 1.54) is 0 Å². The molecule has 1 unspecified atom stereocenters. The molecule has 0 aromatic heterocycles. The molecule has 1 saturated heterocycles. The van der Waals surface area contributed by atoms with Gasteiger partial charge in [-0.15, -0.1) is 0 Å². The first kappa shape index (κ1) is 28.7. The minimum Gasteiger partial charge on any atom is -0.373 e. The van der Waals surface area contributed by atoms with Gasteiger partial charge >= 0.3 is 53.6 Å². The van der Waals surface area contributed by atoms with E-state index in [-0.39, 0.29) is 0 Å². The molecule has 1 atom stereocenters. The van der Waals surface area contributed by atoms with Gasteiger partial charge in [-0.05, 0) is 0 Å². The smallest absolute Gasteiger partial charge is 0.373 e. The molecule has 0 bridgehead atoms. The summed E-state index contributed by atoms with van der Waals surface area (Å²) in [7, 11) is 0. The van der Waals surface area contributed by atoms with E-state index in [4.69, 9.17) is 0 Å². The summed E-state index contributed by atoms with van der Waals surface area (Å²) in [6.07, 6.45) is -12.5. The summed E-state index contributed by atoms with van der Waals surface area (Å²) in [5.41, 5.74) is 0. The zero-order chi connectivity index (χ0) is 26.2. The van der Waals surface area contributed by atoms with Crippen LogP contribution >= 0.6 is 0 Å². The summed E-state index contributed by atoms with van der Waals surface area (Å²) in [4.78, 5) is 0. The quantitative estimate of drug-likeness (QED) is 0.250. The zero-order valence-corrected chi connectivity index (χ0v) is 14.1. The van der Waals surface area contributed by atoms with Gasteiger partial charge in [0.25, 0.3) is 0 Å². The molecule has 0 amide bonds. The molecule has 0 aromatic carbocycles. The molecule has 0 spiro atoms. The van der Waals surface area contributed by atoms with Crippen molar-refractivity contribution in [3.63, 3.8) is 0 Å². The van der Waals surface area contributed by atoms with Crippen molar-refractivity contribution in [1.29, 1.82) is 0 Å². The first-order chi connectivity index (χ1) is 13.6. The van der Waals surface area contributed by atoms with Crippen LogP contribution in [0.15, 0.2) is 0 Å². The van der Waals surface area contributed by atoms with Crippen LogP contribution < -0.4 is 0 Å². The Morgan fingerprint density at radius 1 is 0.438 bits per heavy atom. The first-order valence-electron chi connectivity index (χ1n) is 7.29. The summed E-state index contributed by atoms with van der Waals surface area (Å²) >= 11 is 0. The Bertz CT molecular complexity index is 700. The molecule has 0 radical (unpaired) electrons. The molecular formula is C12H5F19O. The highest BCUT2D eigenvalue weighted by atomic mass is 19.4. The fraction of sp³-hybridized carbons (Fsp3) is 1.00. The van der Waals surface area contributed by atoms with E-state index >= 15 is 0 Å². The molecule has 1 fully saturated rings. The van der Waals surface area contributed by atoms with E-state index in [2.05, 4.69) is 4.74 Å². The lowest BCUT2D eigenvalue weighted by Gasteiger charge is -2.43. The number of hydrogen-bond acceptors (Lipinski definition) is 1. The van der Waals surface area contributed by atoms with Crippen LogP contribution in [0.5, 0.6) is 0 Å². The summed E-state index contributed by atoms with van der Waals surface area (Å²) in [6.45, 7) is -0.861. The maximum absolute atomic E-state index is 13.4. The van der Waals surface area contributed by atoms with Crippen molar-refractivity contribution in [3.05, 3.63) is 0 Å². The Hall–Kier alpha value is -1.37. The number of rotatable bonds is 9. The van der Waals surface area contributed by atoms with Crippen molar-refractivity contribution in [3.8, 4) is 0 Å². The highest BCUT2D eigenvalue weighted by Crippen LogP contribution is 2.65. The van der Waals surface area contributed by atoms with Crippen LogP contribution in [-0.2, 0) is 4.74 Å². The van der Waals surface area contributed by atoms with E-state index in [9.17, 15) is 83.4 Å². The normalized spacial score (nSPS) is 20.5. The third-order valence-corrected chi connectivity index (χ3v) is 4.07. The lowest BCUT2D eigenvalue weighted by Crippen LogP contribution is -2.75. The van der Waals surface area contributed by atoms with Gasteiger partial charge in [0.15, 0.2) is 0 Å². The van der Waals surface area contributed by atoms with Gasteiger partial charge in [-0.1, -0.05) is 0 Å². The highest BCUT2D eigenvalue weighted by molar-refractivity contribution is 5.16. The Morgan fingerprint density at radius 3 is 0.938 bits per heavy atom. The summed E-state index contributed by atoms with van der Waals surface area (Å²) in [5.74, 6) is -66.1. The first-order valence-corrected chi connectivity index (χ1v) is 7.29. The molecular weight excluding hydrogens is 521 g/mol. The molecule has 1 rings (SSSR count). The Balaban J connectivity index is 3.61. The number of hydrogen-bond donors (Lipinski definition) is 0. The van der Waals surface area contributed by atoms with Gasteiger partial charge in [0, 0.05) is 6.42 Å². The topological polar surface area (TPSA) is 12.5 Å². The average molecular weight is 526 g/mol. The number of alkyl halides is 19. The fourth-order valence-corrected chi connectivity index (χ4v) is 1.99. The second kappa shape index (κ2) is 7.07. The lowest BCUT2D eigenvalue weighted by molar-refractivity contribution is -0.468. The predicted octanol–water partition coefficient (Wildman–Crippen LogP) is 6.42. The van der Waals surface area contributed by atoms with Crippen LogP contribution in [0.25, 0.3) is 0 Å². The molecule has 0 aromatic rings. The maximum atomic E-state index is 13.4. The molecule has 1 aliphatic heterocycles. The van der Waals surface area contributed by atoms with Gasteiger partial charge in [0.05, 0.1) is 12.7 Å². The summed E-state index contributed by atoms with van der Waals surface area (Å²) in [5, 5.41) is 0. The average Bonchev–Trinajstić information content (AvgIpc) is 3.35. The third kappa shape index (κ3) is 3.54. The molecule has 32 heavy (non-hydrogen) atoms. The zero-order valence-electron chi connectivity index (χ0n) is 14.1. The van der Waals surface area contributed by atoms with Crippen molar-refractivity contribution in [2.45, 2.75) is 66.1 Å². The molecule has 192 valence electrons. The van der Waals surface area contributed by atoms with Gasteiger partial charge < -0.3 is 4.74 Å². The summed E-state index contributed by atoms with van der Waals surface area (Å²) in [6, 6.07) is 0. The number of ether oxygens (including phenoxy) is 1. The second-order valence-corrected chi connectivity index (χ2v) is 6.38. The molecule has 1 heterocycles. The van der Waals surface area contributed by atoms with Crippen molar-refractivity contribution in [1.82, 2.24) is 0 Å². The Kier molecular flexibility index (Phi) is 6.33. The van der Waals surface area contributed by atoms with Crippen LogP contribution in [0.1, 0.15) is 6.42 Å². The minimum atomic E-state index is -8.88. The van der Waals surface area contributed by atoms with Crippen LogP contribution in [0.3, 0.4) is 0 Å². The highest BCUT2D eigenvalue weighted by Gasteiger charge is 2.96. The largest absolute Gasteiger partial charge is 0.460 e. The van der Waals surface area contributed by atoms with Gasteiger partial charge in [-0.3, -0.25) is 0 Å². The Morgan fingerprint density at radius 2 is 0.688 bits per heavy atom. The van der Waals surface area contributed by atoms with Crippen molar-refractivity contribution in [2.75, 3.05) is 6.61 Å². The number of halogens is 19. The van der Waals surface area contributed by atoms with E-state index in [0.29, 0.717) is 0 Å². The van der Waals surface area contributed by atoms with E-state index in [1.54, 1.807) is 0 Å². The van der Waals surface area contributed by atoms with E-state index in [0.717, 1.165) is 0 Å². The minimum absolute atomic E-state index is 0.861. The molecule has 0 aliphatic carbocycles. The maximum Gasteiger partial charge on any atom is 0.460 e. The SMILES string of the molecule is FC(F)(F)C(F)(F)C(F)(F)C(F)(F)C(F)(F)C(F)(F)C(F)(F)C(F)(F)C(F)(F)CC1CO1. The third-order valence-electron chi connectivity index (χ3n) is 4.07. The van der Waals surface area contributed by atoms with Crippen molar-refractivity contribution in [2.24, 2.45) is 0 Å². The molecule has 0 saturated carbocycles. The van der Waals surface area contributed by atoms with Gasteiger partial charge in [-0.25, -0.2) is 0 Å². The predicted molar refractivity (Wildman–Crippen MR) is 60.0 cm³/mol. The standard InChI is InChI=1S/C12H5F19O/c13-4(14,1-3-2-32-3)5(15,16)6(17,18)7(19,20)8(21,22)9(23,24)10(25,26)11(27,28)12(29,30)31/h3H,1-2H2. The number of epoxide rings is 1.